The van der Waals surface area contributed by atoms with Crippen molar-refractivity contribution in [3.63, 3.8) is 0 Å². The van der Waals surface area contributed by atoms with Crippen molar-refractivity contribution in [1.82, 2.24) is 0 Å². The topological polar surface area (TPSA) is 12.0 Å². The molecular weight excluding hydrogens is 235 g/mol. The van der Waals surface area contributed by atoms with E-state index in [9.17, 15) is 13.2 Å². The van der Waals surface area contributed by atoms with Gasteiger partial charge in [-0.05, 0) is 42.4 Å². The zero-order chi connectivity index (χ0) is 11.6. The van der Waals surface area contributed by atoms with Crippen LogP contribution in [0.3, 0.4) is 0 Å². The average molecular weight is 247 g/mol. The van der Waals surface area contributed by atoms with Crippen LogP contribution in [0.5, 0.6) is 0 Å². The first-order valence-corrected chi connectivity index (χ1v) is 6.09. The summed E-state index contributed by atoms with van der Waals surface area (Å²) in [6.45, 7) is -0.973. The second-order valence-corrected chi connectivity index (χ2v) is 4.88. The highest BCUT2D eigenvalue weighted by Crippen LogP contribution is 2.31. The van der Waals surface area contributed by atoms with Crippen LogP contribution < -0.4 is 5.32 Å². The van der Waals surface area contributed by atoms with Crippen LogP contribution in [0.1, 0.15) is 12.0 Å². The van der Waals surface area contributed by atoms with Crippen LogP contribution in [0, 0.1) is 0 Å². The predicted octanol–water partition coefficient (Wildman–Crippen LogP) is 3.70. The van der Waals surface area contributed by atoms with E-state index in [2.05, 4.69) is 5.32 Å². The summed E-state index contributed by atoms with van der Waals surface area (Å²) >= 11 is 1.77. The number of benzene rings is 1. The Bertz CT molecular complexity index is 376. The monoisotopic (exact) mass is 247 g/mol. The van der Waals surface area contributed by atoms with Gasteiger partial charge in [0.25, 0.3) is 0 Å². The van der Waals surface area contributed by atoms with Crippen LogP contribution in [-0.2, 0) is 6.42 Å². The molecule has 5 heteroatoms. The fourth-order valence-electron chi connectivity index (χ4n) is 1.67. The molecule has 0 radical (unpaired) electrons. The summed E-state index contributed by atoms with van der Waals surface area (Å²) in [6.07, 6.45) is -2.10. The van der Waals surface area contributed by atoms with Crippen LogP contribution in [0.25, 0.3) is 0 Å². The van der Waals surface area contributed by atoms with Crippen molar-refractivity contribution in [3.05, 3.63) is 23.8 Å². The van der Waals surface area contributed by atoms with Gasteiger partial charge in [0.2, 0.25) is 0 Å². The lowest BCUT2D eigenvalue weighted by atomic mass is 10.1. The molecule has 1 aliphatic rings. The van der Waals surface area contributed by atoms with Crippen molar-refractivity contribution < 1.29 is 13.2 Å². The molecule has 0 saturated heterocycles. The zero-order valence-electron chi connectivity index (χ0n) is 8.60. The van der Waals surface area contributed by atoms with Crippen molar-refractivity contribution in [2.24, 2.45) is 0 Å². The van der Waals surface area contributed by atoms with Gasteiger partial charge >= 0.3 is 6.18 Å². The summed E-state index contributed by atoms with van der Waals surface area (Å²) in [7, 11) is 0. The number of hydrogen-bond donors (Lipinski definition) is 1. The maximum absolute atomic E-state index is 12.0. The number of halogens is 3. The van der Waals surface area contributed by atoms with Crippen molar-refractivity contribution in [1.29, 1.82) is 0 Å². The van der Waals surface area contributed by atoms with E-state index in [1.807, 2.05) is 12.1 Å². The Morgan fingerprint density at radius 1 is 1.31 bits per heavy atom. The first-order valence-electron chi connectivity index (χ1n) is 5.11. The highest BCUT2D eigenvalue weighted by Gasteiger charge is 2.26. The number of nitrogens with one attached hydrogen (secondary N) is 1. The first-order chi connectivity index (χ1) is 7.54. The zero-order valence-corrected chi connectivity index (χ0v) is 9.42. The number of fused-ring (bicyclic) bond motifs is 1. The Hall–Kier alpha value is -0.840. The molecule has 0 aromatic heterocycles. The minimum Gasteiger partial charge on any atom is -0.376 e. The third kappa shape index (κ3) is 3.07. The Kier molecular flexibility index (Phi) is 3.33. The molecule has 0 saturated carbocycles. The molecule has 1 aromatic carbocycles. The molecule has 1 aliphatic heterocycles. The average Bonchev–Trinajstić information content (AvgIpc) is 2.25. The summed E-state index contributed by atoms with van der Waals surface area (Å²) in [5.41, 5.74) is 1.71. The quantitative estimate of drug-likeness (QED) is 0.855. The normalized spacial score (nSPS) is 15.7. The maximum Gasteiger partial charge on any atom is 0.405 e. The molecule has 0 aliphatic carbocycles. The molecule has 0 atom stereocenters. The number of anilines is 1. The molecule has 0 unspecified atom stereocenters. The first kappa shape index (κ1) is 11.6. The Labute approximate surface area is 96.4 Å². The SMILES string of the molecule is FC(F)(F)CNc1ccc2c(c1)CCCS2. The molecule has 0 spiro atoms. The van der Waals surface area contributed by atoms with Gasteiger partial charge in [0.05, 0.1) is 0 Å². The predicted molar refractivity (Wildman–Crippen MR) is 60.0 cm³/mol. The van der Waals surface area contributed by atoms with E-state index >= 15 is 0 Å². The highest BCUT2D eigenvalue weighted by atomic mass is 32.2. The fourth-order valence-corrected chi connectivity index (χ4v) is 2.69. The van der Waals surface area contributed by atoms with E-state index < -0.39 is 12.7 Å². The smallest absolute Gasteiger partial charge is 0.376 e. The molecule has 1 N–H and O–H groups in total. The molecule has 2 rings (SSSR count). The van der Waals surface area contributed by atoms with Crippen LogP contribution in [-0.4, -0.2) is 18.5 Å². The van der Waals surface area contributed by atoms with Gasteiger partial charge in [-0.25, -0.2) is 0 Å². The second kappa shape index (κ2) is 4.57. The molecular formula is C11H12F3NS. The Morgan fingerprint density at radius 2 is 2.12 bits per heavy atom. The van der Waals surface area contributed by atoms with Gasteiger partial charge in [0.15, 0.2) is 0 Å². The van der Waals surface area contributed by atoms with Gasteiger partial charge in [0.1, 0.15) is 6.54 Å². The van der Waals surface area contributed by atoms with Crippen LogP contribution >= 0.6 is 11.8 Å². The lowest BCUT2D eigenvalue weighted by Gasteiger charge is -2.17. The second-order valence-electron chi connectivity index (χ2n) is 3.74. The molecule has 1 nitrogen and oxygen atoms in total. The Balaban J connectivity index is 2.06. The van der Waals surface area contributed by atoms with Crippen molar-refractivity contribution in [2.75, 3.05) is 17.6 Å². The summed E-state index contributed by atoms with van der Waals surface area (Å²) in [5.74, 6) is 1.10. The molecule has 0 fully saturated rings. The van der Waals surface area contributed by atoms with Crippen LogP contribution in [0.2, 0.25) is 0 Å². The summed E-state index contributed by atoms with van der Waals surface area (Å²) < 4.78 is 36.0. The number of thioether (sulfide) groups is 1. The highest BCUT2D eigenvalue weighted by molar-refractivity contribution is 7.99. The van der Waals surface area contributed by atoms with E-state index in [0.717, 1.165) is 24.2 Å². The van der Waals surface area contributed by atoms with E-state index in [1.165, 1.54) is 4.90 Å². The molecule has 88 valence electrons. The molecule has 16 heavy (non-hydrogen) atoms. The number of aryl methyl sites for hydroxylation is 1. The van der Waals surface area contributed by atoms with Crippen molar-refractivity contribution in [3.8, 4) is 0 Å². The number of hydrogen-bond acceptors (Lipinski definition) is 2. The lowest BCUT2D eigenvalue weighted by molar-refractivity contribution is -0.115. The van der Waals surface area contributed by atoms with Gasteiger partial charge in [-0.2, -0.15) is 13.2 Å². The molecule has 1 aromatic rings. The van der Waals surface area contributed by atoms with E-state index in [1.54, 1.807) is 17.8 Å². The van der Waals surface area contributed by atoms with Gasteiger partial charge in [0, 0.05) is 10.6 Å². The van der Waals surface area contributed by atoms with Gasteiger partial charge in [-0.1, -0.05) is 0 Å². The summed E-state index contributed by atoms with van der Waals surface area (Å²) in [4.78, 5) is 1.20. The summed E-state index contributed by atoms with van der Waals surface area (Å²) in [6, 6.07) is 5.44. The van der Waals surface area contributed by atoms with E-state index in [4.69, 9.17) is 0 Å². The number of alkyl halides is 3. The minimum absolute atomic E-state index is 0.554. The van der Waals surface area contributed by atoms with E-state index in [0.29, 0.717) is 5.69 Å². The molecule has 0 bridgehead atoms. The third-order valence-corrected chi connectivity index (χ3v) is 3.60. The minimum atomic E-state index is -4.16. The number of rotatable bonds is 2. The largest absolute Gasteiger partial charge is 0.405 e. The summed E-state index contributed by atoms with van der Waals surface area (Å²) in [5, 5.41) is 2.40. The van der Waals surface area contributed by atoms with Crippen LogP contribution in [0.15, 0.2) is 23.1 Å². The van der Waals surface area contributed by atoms with Gasteiger partial charge < -0.3 is 5.32 Å². The van der Waals surface area contributed by atoms with Crippen molar-refractivity contribution >= 4 is 17.4 Å². The van der Waals surface area contributed by atoms with E-state index in [-0.39, 0.29) is 0 Å². The lowest BCUT2D eigenvalue weighted by Crippen LogP contribution is -2.21. The Morgan fingerprint density at radius 3 is 2.88 bits per heavy atom. The maximum atomic E-state index is 12.0. The standard InChI is InChI=1S/C11H12F3NS/c12-11(13,14)7-15-9-3-4-10-8(6-9)2-1-5-16-10/h3-4,6,15H,1-2,5,7H2. The fraction of sp³-hybridized carbons (Fsp3) is 0.455. The van der Waals surface area contributed by atoms with Gasteiger partial charge in [-0.3, -0.25) is 0 Å². The van der Waals surface area contributed by atoms with Crippen molar-refractivity contribution in [2.45, 2.75) is 23.9 Å². The molecule has 0 amide bonds. The van der Waals surface area contributed by atoms with Gasteiger partial charge in [-0.15, -0.1) is 11.8 Å². The third-order valence-electron chi connectivity index (χ3n) is 2.40. The molecule has 1 heterocycles. The van der Waals surface area contributed by atoms with Crippen LogP contribution in [0.4, 0.5) is 18.9 Å².